The lowest BCUT2D eigenvalue weighted by Crippen LogP contribution is -2.52. The summed E-state index contributed by atoms with van der Waals surface area (Å²) in [6.45, 7) is 4.17. The third-order valence-electron chi connectivity index (χ3n) is 3.04. The average Bonchev–Trinajstić information content (AvgIpc) is 2.65. The van der Waals surface area contributed by atoms with Crippen LogP contribution in [0.4, 0.5) is 0 Å². The van der Waals surface area contributed by atoms with Crippen molar-refractivity contribution in [3.8, 4) is 0 Å². The van der Waals surface area contributed by atoms with Gasteiger partial charge >= 0.3 is 0 Å². The molecular formula is C12H23N3O2. The first kappa shape index (κ1) is 14.0. The molecule has 0 aromatic rings. The first-order valence-electron chi connectivity index (χ1n) is 6.30. The molecule has 0 aromatic heterocycles. The van der Waals surface area contributed by atoms with Crippen LogP contribution in [0, 0.1) is 0 Å². The standard InChI is InChI=1S/C12H23N3O2/c1-9(2)15-10(16)5-8-14-11(17)12(13)6-3-4-7-12/h9H,3-8,13H2,1-2H3,(H,14,17)(H,15,16). The van der Waals surface area contributed by atoms with E-state index in [2.05, 4.69) is 10.6 Å². The van der Waals surface area contributed by atoms with E-state index in [4.69, 9.17) is 5.73 Å². The molecule has 0 heterocycles. The lowest BCUT2D eigenvalue weighted by molar-refractivity contribution is -0.126. The molecule has 0 radical (unpaired) electrons. The van der Waals surface area contributed by atoms with Crippen LogP contribution >= 0.6 is 0 Å². The van der Waals surface area contributed by atoms with Gasteiger partial charge in [0.1, 0.15) is 0 Å². The quantitative estimate of drug-likeness (QED) is 0.647. The zero-order valence-corrected chi connectivity index (χ0v) is 10.7. The molecule has 1 aliphatic carbocycles. The Morgan fingerprint density at radius 1 is 1.29 bits per heavy atom. The number of amides is 2. The molecule has 1 rings (SSSR count). The topological polar surface area (TPSA) is 84.2 Å². The van der Waals surface area contributed by atoms with Crippen LogP contribution in [0.3, 0.4) is 0 Å². The highest BCUT2D eigenvalue weighted by Crippen LogP contribution is 2.27. The number of hydrogen-bond acceptors (Lipinski definition) is 3. The summed E-state index contributed by atoms with van der Waals surface area (Å²) >= 11 is 0. The van der Waals surface area contributed by atoms with Crippen LogP contribution in [0.5, 0.6) is 0 Å². The minimum absolute atomic E-state index is 0.0437. The maximum absolute atomic E-state index is 11.8. The van der Waals surface area contributed by atoms with E-state index in [9.17, 15) is 9.59 Å². The highest BCUT2D eigenvalue weighted by Gasteiger charge is 2.36. The second-order valence-electron chi connectivity index (χ2n) is 5.09. The second kappa shape index (κ2) is 6.00. The number of hydrogen-bond donors (Lipinski definition) is 3. The predicted molar refractivity (Wildman–Crippen MR) is 66.3 cm³/mol. The predicted octanol–water partition coefficient (Wildman–Crippen LogP) is 0.289. The molecule has 0 atom stereocenters. The molecule has 0 aromatic carbocycles. The van der Waals surface area contributed by atoms with Crippen LogP contribution in [0.15, 0.2) is 0 Å². The number of nitrogens with one attached hydrogen (secondary N) is 2. The van der Waals surface area contributed by atoms with E-state index in [-0.39, 0.29) is 17.9 Å². The maximum Gasteiger partial charge on any atom is 0.240 e. The summed E-state index contributed by atoms with van der Waals surface area (Å²) in [7, 11) is 0. The normalized spacial score (nSPS) is 18.1. The third-order valence-corrected chi connectivity index (χ3v) is 3.04. The molecule has 1 fully saturated rings. The Balaban J connectivity index is 2.22. The molecule has 5 nitrogen and oxygen atoms in total. The molecule has 0 unspecified atom stereocenters. The van der Waals surface area contributed by atoms with Gasteiger partial charge < -0.3 is 16.4 Å². The van der Waals surface area contributed by atoms with Crippen LogP contribution in [-0.2, 0) is 9.59 Å². The van der Waals surface area contributed by atoms with Gasteiger partial charge in [0, 0.05) is 19.0 Å². The van der Waals surface area contributed by atoms with Crippen LogP contribution in [-0.4, -0.2) is 29.9 Å². The number of carbonyl (C=O) groups is 2. The van der Waals surface area contributed by atoms with E-state index in [0.717, 1.165) is 25.7 Å². The zero-order chi connectivity index (χ0) is 12.9. The molecule has 4 N–H and O–H groups in total. The van der Waals surface area contributed by atoms with Crippen molar-refractivity contribution in [1.82, 2.24) is 10.6 Å². The first-order valence-corrected chi connectivity index (χ1v) is 6.30. The second-order valence-corrected chi connectivity index (χ2v) is 5.09. The van der Waals surface area contributed by atoms with Crippen molar-refractivity contribution in [2.45, 2.75) is 57.5 Å². The zero-order valence-electron chi connectivity index (χ0n) is 10.7. The Labute approximate surface area is 103 Å². The van der Waals surface area contributed by atoms with E-state index >= 15 is 0 Å². The third kappa shape index (κ3) is 4.34. The SMILES string of the molecule is CC(C)NC(=O)CCNC(=O)C1(N)CCCC1. The summed E-state index contributed by atoms with van der Waals surface area (Å²) in [5, 5.41) is 5.52. The Kier molecular flexibility index (Phi) is 4.93. The maximum atomic E-state index is 11.8. The van der Waals surface area contributed by atoms with Crippen LogP contribution in [0.2, 0.25) is 0 Å². The van der Waals surface area contributed by atoms with Gasteiger partial charge in [-0.25, -0.2) is 0 Å². The van der Waals surface area contributed by atoms with Crippen LogP contribution in [0.25, 0.3) is 0 Å². The van der Waals surface area contributed by atoms with Crippen molar-refractivity contribution in [2.75, 3.05) is 6.54 Å². The highest BCUT2D eigenvalue weighted by molar-refractivity contribution is 5.86. The Morgan fingerprint density at radius 3 is 2.41 bits per heavy atom. The summed E-state index contributed by atoms with van der Waals surface area (Å²) in [6, 6.07) is 0.133. The van der Waals surface area contributed by atoms with E-state index in [1.807, 2.05) is 13.8 Å². The van der Waals surface area contributed by atoms with Gasteiger partial charge in [0.05, 0.1) is 5.54 Å². The summed E-state index contributed by atoms with van der Waals surface area (Å²) in [6.07, 6.45) is 3.82. The Hall–Kier alpha value is -1.10. The van der Waals surface area contributed by atoms with Gasteiger partial charge in [-0.1, -0.05) is 12.8 Å². The van der Waals surface area contributed by atoms with Gasteiger partial charge in [-0.15, -0.1) is 0 Å². The summed E-state index contributed by atoms with van der Waals surface area (Å²) in [5.41, 5.74) is 5.29. The van der Waals surface area contributed by atoms with Crippen molar-refractivity contribution in [1.29, 1.82) is 0 Å². The molecule has 2 amide bonds. The Morgan fingerprint density at radius 2 is 1.88 bits per heavy atom. The molecule has 1 aliphatic rings. The van der Waals surface area contributed by atoms with Crippen molar-refractivity contribution >= 4 is 11.8 Å². The van der Waals surface area contributed by atoms with Crippen LogP contribution < -0.4 is 16.4 Å². The van der Waals surface area contributed by atoms with Crippen LogP contribution in [0.1, 0.15) is 46.0 Å². The first-order chi connectivity index (χ1) is 7.94. The van der Waals surface area contributed by atoms with Gasteiger partial charge in [-0.05, 0) is 26.7 Å². The van der Waals surface area contributed by atoms with E-state index in [0.29, 0.717) is 13.0 Å². The fraction of sp³-hybridized carbons (Fsp3) is 0.833. The lowest BCUT2D eigenvalue weighted by atomic mass is 9.98. The molecular weight excluding hydrogens is 218 g/mol. The van der Waals surface area contributed by atoms with Crippen molar-refractivity contribution in [2.24, 2.45) is 5.73 Å². The van der Waals surface area contributed by atoms with Crippen molar-refractivity contribution < 1.29 is 9.59 Å². The number of nitrogens with two attached hydrogens (primary N) is 1. The van der Waals surface area contributed by atoms with E-state index in [1.165, 1.54) is 0 Å². The smallest absolute Gasteiger partial charge is 0.240 e. The van der Waals surface area contributed by atoms with Crippen molar-refractivity contribution in [3.63, 3.8) is 0 Å². The van der Waals surface area contributed by atoms with E-state index < -0.39 is 5.54 Å². The fourth-order valence-corrected chi connectivity index (χ4v) is 2.09. The number of rotatable bonds is 5. The monoisotopic (exact) mass is 241 g/mol. The lowest BCUT2D eigenvalue weighted by Gasteiger charge is -2.22. The number of carbonyl (C=O) groups excluding carboxylic acids is 2. The molecule has 0 aliphatic heterocycles. The molecule has 0 spiro atoms. The average molecular weight is 241 g/mol. The van der Waals surface area contributed by atoms with E-state index in [1.54, 1.807) is 0 Å². The molecule has 1 saturated carbocycles. The molecule has 17 heavy (non-hydrogen) atoms. The van der Waals surface area contributed by atoms with Gasteiger partial charge in [0.2, 0.25) is 11.8 Å². The largest absolute Gasteiger partial charge is 0.354 e. The fourth-order valence-electron chi connectivity index (χ4n) is 2.09. The van der Waals surface area contributed by atoms with Gasteiger partial charge in [-0.2, -0.15) is 0 Å². The van der Waals surface area contributed by atoms with Gasteiger partial charge in [0.15, 0.2) is 0 Å². The molecule has 0 bridgehead atoms. The molecule has 5 heteroatoms. The minimum Gasteiger partial charge on any atom is -0.354 e. The van der Waals surface area contributed by atoms with Crippen molar-refractivity contribution in [3.05, 3.63) is 0 Å². The van der Waals surface area contributed by atoms with Gasteiger partial charge in [-0.3, -0.25) is 9.59 Å². The summed E-state index contributed by atoms with van der Waals surface area (Å²) in [4.78, 5) is 23.1. The van der Waals surface area contributed by atoms with Gasteiger partial charge in [0.25, 0.3) is 0 Å². The molecule has 0 saturated heterocycles. The highest BCUT2D eigenvalue weighted by atomic mass is 16.2. The minimum atomic E-state index is -0.700. The molecule has 98 valence electrons. The summed E-state index contributed by atoms with van der Waals surface area (Å²) < 4.78 is 0. The summed E-state index contributed by atoms with van der Waals surface area (Å²) in [5.74, 6) is -0.162. The Bertz CT molecular complexity index is 283.